The molecule has 0 aliphatic carbocycles. The average Bonchev–Trinajstić information content (AvgIpc) is 3.04. The van der Waals surface area contributed by atoms with Gasteiger partial charge in [0.15, 0.2) is 5.78 Å². The topological polar surface area (TPSA) is 63.7 Å². The van der Waals surface area contributed by atoms with Crippen molar-refractivity contribution in [3.63, 3.8) is 0 Å². The Hall–Kier alpha value is -1.86. The van der Waals surface area contributed by atoms with E-state index >= 15 is 0 Å². The smallest absolute Gasteiger partial charge is 0.273 e. The largest absolute Gasteiger partial charge is 0.497 e. The monoisotopic (exact) mass is 351 g/mol. The first-order valence-corrected chi connectivity index (χ1v) is 9.55. The number of nitrogens with zero attached hydrogens (tertiary/aromatic N) is 1. The fourth-order valence-corrected chi connectivity index (χ4v) is 5.48. The maximum atomic E-state index is 12.9. The van der Waals surface area contributed by atoms with Crippen molar-refractivity contribution in [2.75, 3.05) is 18.0 Å². The third-order valence-electron chi connectivity index (χ3n) is 3.84. The molecular weight excluding hydrogens is 334 g/mol. The van der Waals surface area contributed by atoms with E-state index in [-0.39, 0.29) is 18.7 Å². The Bertz CT molecular complexity index is 855. The number of methoxy groups -OCH3 is 1. The van der Waals surface area contributed by atoms with Crippen LogP contribution in [0.15, 0.2) is 34.5 Å². The van der Waals surface area contributed by atoms with E-state index in [1.54, 1.807) is 24.3 Å². The molecule has 0 fully saturated rings. The summed E-state index contributed by atoms with van der Waals surface area (Å²) in [6, 6.07) is 8.38. The third-order valence-corrected chi connectivity index (χ3v) is 7.35. The van der Waals surface area contributed by atoms with E-state index in [0.29, 0.717) is 21.2 Å². The van der Waals surface area contributed by atoms with Crippen molar-refractivity contribution in [2.45, 2.75) is 24.0 Å². The zero-order chi connectivity index (χ0) is 16.6. The summed E-state index contributed by atoms with van der Waals surface area (Å²) < 4.78 is 32.6. The van der Waals surface area contributed by atoms with Crippen LogP contribution in [0.3, 0.4) is 0 Å². The first-order chi connectivity index (χ1) is 11.0. The van der Waals surface area contributed by atoms with Gasteiger partial charge < -0.3 is 4.74 Å². The molecule has 0 bridgehead atoms. The third kappa shape index (κ3) is 2.74. The Labute approximate surface area is 139 Å². The average molecular weight is 351 g/mol. The molecule has 0 radical (unpaired) electrons. The maximum Gasteiger partial charge on any atom is 0.273 e. The lowest BCUT2D eigenvalue weighted by molar-refractivity contribution is 0.0981. The van der Waals surface area contributed by atoms with Crippen LogP contribution in [0.25, 0.3) is 0 Å². The number of fused-ring (bicyclic) bond motifs is 1. The summed E-state index contributed by atoms with van der Waals surface area (Å²) in [6.07, 6.45) is 0.970. The van der Waals surface area contributed by atoms with Crippen molar-refractivity contribution in [1.82, 2.24) is 0 Å². The van der Waals surface area contributed by atoms with Gasteiger partial charge >= 0.3 is 0 Å². The van der Waals surface area contributed by atoms with Crippen molar-refractivity contribution in [3.8, 4) is 5.75 Å². The maximum absolute atomic E-state index is 12.9. The Morgan fingerprint density at radius 3 is 2.70 bits per heavy atom. The Kier molecular flexibility index (Phi) is 4.16. The molecule has 0 saturated carbocycles. The number of hydrogen-bond acceptors (Lipinski definition) is 5. The lowest BCUT2D eigenvalue weighted by Crippen LogP contribution is -2.37. The SMILES string of the molecule is CCc1ccc(S(=O)(=O)N2CCC(=O)c3cc(OC)ccc32)s1. The summed E-state index contributed by atoms with van der Waals surface area (Å²) in [5, 5.41) is 0. The first-order valence-electron chi connectivity index (χ1n) is 7.30. The molecule has 5 nitrogen and oxygen atoms in total. The normalized spacial score (nSPS) is 14.7. The van der Waals surface area contributed by atoms with Gasteiger partial charge in [0, 0.05) is 23.4 Å². The van der Waals surface area contributed by atoms with Gasteiger partial charge in [-0.15, -0.1) is 11.3 Å². The molecule has 0 saturated heterocycles. The van der Waals surface area contributed by atoms with Crippen LogP contribution in [0.4, 0.5) is 5.69 Å². The van der Waals surface area contributed by atoms with Crippen molar-refractivity contribution < 1.29 is 17.9 Å². The molecule has 1 aliphatic heterocycles. The number of benzene rings is 1. The molecule has 2 heterocycles. The zero-order valence-electron chi connectivity index (χ0n) is 12.9. The molecule has 7 heteroatoms. The van der Waals surface area contributed by atoms with Crippen LogP contribution in [0.1, 0.15) is 28.6 Å². The number of ketones is 1. The molecule has 0 N–H and O–H groups in total. The van der Waals surface area contributed by atoms with Gasteiger partial charge in [0.1, 0.15) is 9.96 Å². The number of thiophene rings is 1. The van der Waals surface area contributed by atoms with Crippen LogP contribution in [-0.4, -0.2) is 27.9 Å². The van der Waals surface area contributed by atoms with Crippen LogP contribution < -0.4 is 9.04 Å². The van der Waals surface area contributed by atoms with Gasteiger partial charge in [0.25, 0.3) is 10.0 Å². The van der Waals surface area contributed by atoms with E-state index in [0.717, 1.165) is 11.3 Å². The second kappa shape index (κ2) is 5.98. The number of Topliss-reactive ketones (excluding diaryl/α,β-unsaturated/α-hetero) is 1. The summed E-state index contributed by atoms with van der Waals surface area (Å²) >= 11 is 1.28. The molecule has 0 unspecified atom stereocenters. The molecule has 3 rings (SSSR count). The van der Waals surface area contributed by atoms with Gasteiger partial charge in [0.2, 0.25) is 0 Å². The minimum absolute atomic E-state index is 0.0641. The van der Waals surface area contributed by atoms with E-state index in [1.165, 1.54) is 22.8 Å². The highest BCUT2D eigenvalue weighted by Crippen LogP contribution is 2.35. The minimum Gasteiger partial charge on any atom is -0.497 e. The molecule has 23 heavy (non-hydrogen) atoms. The summed E-state index contributed by atoms with van der Waals surface area (Å²) in [6.45, 7) is 2.16. The molecule has 0 spiro atoms. The van der Waals surface area contributed by atoms with E-state index in [2.05, 4.69) is 0 Å². The Balaban J connectivity index is 2.08. The number of anilines is 1. The highest BCUT2D eigenvalue weighted by atomic mass is 32.2. The fourth-order valence-electron chi connectivity index (χ4n) is 2.59. The van der Waals surface area contributed by atoms with Gasteiger partial charge in [-0.2, -0.15) is 0 Å². The van der Waals surface area contributed by atoms with Crippen molar-refractivity contribution in [2.24, 2.45) is 0 Å². The lowest BCUT2D eigenvalue weighted by Gasteiger charge is -2.29. The molecule has 1 aromatic carbocycles. The lowest BCUT2D eigenvalue weighted by atomic mass is 10.0. The fraction of sp³-hybridized carbons (Fsp3) is 0.312. The predicted octanol–water partition coefficient (Wildman–Crippen LogP) is 3.10. The van der Waals surface area contributed by atoms with E-state index in [1.807, 2.05) is 13.0 Å². The quantitative estimate of drug-likeness (QED) is 0.849. The van der Waals surface area contributed by atoms with Gasteiger partial charge in [-0.05, 0) is 36.8 Å². The minimum atomic E-state index is -3.65. The second-order valence-corrected chi connectivity index (χ2v) is 8.47. The van der Waals surface area contributed by atoms with Gasteiger partial charge in [-0.1, -0.05) is 6.92 Å². The van der Waals surface area contributed by atoms with Crippen LogP contribution in [0, 0.1) is 0 Å². The number of carbonyl (C=O) groups is 1. The molecule has 122 valence electrons. The predicted molar refractivity (Wildman–Crippen MR) is 90.2 cm³/mol. The van der Waals surface area contributed by atoms with Gasteiger partial charge in [0.05, 0.1) is 12.8 Å². The first kappa shape index (κ1) is 16.0. The van der Waals surface area contributed by atoms with Crippen LogP contribution in [0.2, 0.25) is 0 Å². The van der Waals surface area contributed by atoms with E-state index in [4.69, 9.17) is 4.74 Å². The number of aryl methyl sites for hydroxylation is 1. The van der Waals surface area contributed by atoms with Crippen molar-refractivity contribution in [1.29, 1.82) is 0 Å². The Morgan fingerprint density at radius 2 is 2.04 bits per heavy atom. The van der Waals surface area contributed by atoms with Crippen LogP contribution in [0.5, 0.6) is 5.75 Å². The highest BCUT2D eigenvalue weighted by molar-refractivity contribution is 7.94. The zero-order valence-corrected chi connectivity index (χ0v) is 14.5. The van der Waals surface area contributed by atoms with Crippen LogP contribution >= 0.6 is 11.3 Å². The van der Waals surface area contributed by atoms with Gasteiger partial charge in [-0.3, -0.25) is 9.10 Å². The number of sulfonamides is 1. The number of rotatable bonds is 4. The Morgan fingerprint density at radius 1 is 1.26 bits per heavy atom. The van der Waals surface area contributed by atoms with Crippen LogP contribution in [-0.2, 0) is 16.4 Å². The van der Waals surface area contributed by atoms with E-state index < -0.39 is 10.0 Å². The molecule has 1 aromatic heterocycles. The molecular formula is C16H17NO4S2. The molecule has 2 aromatic rings. The number of ether oxygens (including phenoxy) is 1. The molecule has 0 amide bonds. The molecule has 0 atom stereocenters. The van der Waals surface area contributed by atoms with Crippen molar-refractivity contribution >= 4 is 32.8 Å². The number of carbonyl (C=O) groups excluding carboxylic acids is 1. The molecule has 1 aliphatic rings. The second-order valence-electron chi connectivity index (χ2n) is 5.21. The summed E-state index contributed by atoms with van der Waals surface area (Å²) in [7, 11) is -2.13. The summed E-state index contributed by atoms with van der Waals surface area (Å²) in [4.78, 5) is 13.2. The standard InChI is InChI=1S/C16H17NO4S2/c1-3-12-5-7-16(22-12)23(19,20)17-9-8-15(18)13-10-11(21-2)4-6-14(13)17/h4-7,10H,3,8-9H2,1-2H3. The van der Waals surface area contributed by atoms with E-state index in [9.17, 15) is 13.2 Å². The number of hydrogen-bond donors (Lipinski definition) is 0. The van der Waals surface area contributed by atoms with Crippen molar-refractivity contribution in [3.05, 3.63) is 40.8 Å². The summed E-state index contributed by atoms with van der Waals surface area (Å²) in [5.74, 6) is 0.478. The highest BCUT2D eigenvalue weighted by Gasteiger charge is 2.33. The summed E-state index contributed by atoms with van der Waals surface area (Å²) in [5.41, 5.74) is 0.819. The van der Waals surface area contributed by atoms with Gasteiger partial charge in [-0.25, -0.2) is 8.42 Å².